The smallest absolute Gasteiger partial charge is 0.112 e. The molecule has 2 rings (SSSR count). The molecule has 3 N–H and O–H groups in total. The van der Waals surface area contributed by atoms with Crippen molar-refractivity contribution in [3.63, 3.8) is 0 Å². The summed E-state index contributed by atoms with van der Waals surface area (Å²) in [5.41, 5.74) is 8.30. The fraction of sp³-hybridized carbons (Fsp3) is 0.600. The molecule has 0 aliphatic heterocycles. The molecule has 76 valence electrons. The van der Waals surface area contributed by atoms with Crippen molar-refractivity contribution in [1.29, 1.82) is 0 Å². The van der Waals surface area contributed by atoms with Crippen molar-refractivity contribution < 1.29 is 5.11 Å². The normalized spacial score (nSPS) is 19.1. The van der Waals surface area contributed by atoms with E-state index < -0.39 is 6.10 Å². The molecule has 1 aromatic heterocycles. The average molecular weight is 193 g/mol. The maximum atomic E-state index is 9.70. The number of rotatable bonds is 2. The summed E-state index contributed by atoms with van der Waals surface area (Å²) in [6.07, 6.45) is 4.04. The van der Waals surface area contributed by atoms with Crippen molar-refractivity contribution in [2.24, 2.45) is 5.73 Å². The predicted octanol–water partition coefficient (Wildman–Crippen LogP) is 0.346. The van der Waals surface area contributed by atoms with Crippen LogP contribution in [0.15, 0.2) is 6.20 Å². The fourth-order valence-corrected chi connectivity index (χ4v) is 1.71. The number of aromatic nitrogens is 2. The molecular formula is C10H15N3O. The van der Waals surface area contributed by atoms with E-state index in [0.29, 0.717) is 5.69 Å². The number of aryl methyl sites for hydroxylation is 2. The molecule has 0 amide bonds. The van der Waals surface area contributed by atoms with E-state index in [-0.39, 0.29) is 6.04 Å². The van der Waals surface area contributed by atoms with Crippen molar-refractivity contribution in [2.75, 3.05) is 0 Å². The summed E-state index contributed by atoms with van der Waals surface area (Å²) in [7, 11) is 0. The number of aliphatic hydroxyl groups excluding tert-OH is 1. The predicted molar refractivity (Wildman–Crippen MR) is 52.7 cm³/mol. The van der Waals surface area contributed by atoms with Crippen molar-refractivity contribution in [2.45, 2.75) is 38.3 Å². The van der Waals surface area contributed by atoms with Gasteiger partial charge in [0.15, 0.2) is 0 Å². The minimum absolute atomic E-state index is 0.302. The maximum absolute atomic E-state index is 9.70. The van der Waals surface area contributed by atoms with Crippen LogP contribution in [0, 0.1) is 0 Å². The molecule has 0 saturated carbocycles. The number of nitrogens with zero attached hydrogens (tertiary/aromatic N) is 2. The Bertz CT molecular complexity index is 338. The number of nitrogens with two attached hydrogens (primary N) is 1. The number of hydrogen-bond acceptors (Lipinski definition) is 4. The first-order chi connectivity index (χ1) is 6.68. The third kappa shape index (κ3) is 1.63. The largest absolute Gasteiger partial charge is 0.385 e. The van der Waals surface area contributed by atoms with Gasteiger partial charge in [-0.25, -0.2) is 0 Å². The first-order valence-electron chi connectivity index (χ1n) is 4.97. The Kier molecular flexibility index (Phi) is 2.48. The minimum Gasteiger partial charge on any atom is -0.385 e. The van der Waals surface area contributed by atoms with Crippen LogP contribution in [0.25, 0.3) is 0 Å². The fourth-order valence-electron chi connectivity index (χ4n) is 1.71. The Balaban J connectivity index is 2.28. The highest BCUT2D eigenvalue weighted by Crippen LogP contribution is 2.20. The minimum atomic E-state index is -0.701. The van der Waals surface area contributed by atoms with Crippen molar-refractivity contribution in [3.8, 4) is 0 Å². The first kappa shape index (κ1) is 9.55. The van der Waals surface area contributed by atoms with E-state index in [0.717, 1.165) is 30.7 Å². The van der Waals surface area contributed by atoms with E-state index in [1.165, 1.54) is 0 Å². The lowest BCUT2D eigenvalue weighted by Gasteiger charge is -2.14. The van der Waals surface area contributed by atoms with Crippen LogP contribution in [0.5, 0.6) is 0 Å². The summed E-state index contributed by atoms with van der Waals surface area (Å²) in [5, 5.41) is 9.70. The van der Waals surface area contributed by atoms with Gasteiger partial charge in [0.1, 0.15) is 6.10 Å². The molecule has 1 aliphatic carbocycles. The molecule has 14 heavy (non-hydrogen) atoms. The Hall–Kier alpha value is -1.00. The first-order valence-corrected chi connectivity index (χ1v) is 4.97. The molecule has 1 aliphatic rings. The molecular weight excluding hydrogens is 178 g/mol. The molecule has 2 atom stereocenters. The lowest BCUT2D eigenvalue weighted by molar-refractivity contribution is 0.148. The molecule has 0 spiro atoms. The van der Waals surface area contributed by atoms with Gasteiger partial charge < -0.3 is 10.8 Å². The van der Waals surface area contributed by atoms with Gasteiger partial charge in [0.05, 0.1) is 23.3 Å². The van der Waals surface area contributed by atoms with E-state index in [4.69, 9.17) is 5.73 Å². The molecule has 4 nitrogen and oxygen atoms in total. The van der Waals surface area contributed by atoms with Gasteiger partial charge in [0.2, 0.25) is 0 Å². The van der Waals surface area contributed by atoms with E-state index in [1.54, 1.807) is 13.1 Å². The highest BCUT2D eigenvalue weighted by molar-refractivity contribution is 5.20. The second kappa shape index (κ2) is 3.63. The van der Waals surface area contributed by atoms with Gasteiger partial charge in [-0.1, -0.05) is 0 Å². The average Bonchev–Trinajstić information content (AvgIpc) is 2.62. The summed E-state index contributed by atoms with van der Waals surface area (Å²) in [6.45, 7) is 1.76. The summed E-state index contributed by atoms with van der Waals surface area (Å²) in [5.74, 6) is 0. The maximum Gasteiger partial charge on any atom is 0.112 e. The zero-order valence-corrected chi connectivity index (χ0v) is 8.27. The van der Waals surface area contributed by atoms with E-state index in [9.17, 15) is 5.11 Å². The van der Waals surface area contributed by atoms with Crippen molar-refractivity contribution >= 4 is 0 Å². The molecule has 2 unspecified atom stereocenters. The molecule has 0 radical (unpaired) electrons. The Labute approximate surface area is 83.2 Å². The highest BCUT2D eigenvalue weighted by Gasteiger charge is 2.19. The molecule has 0 aromatic carbocycles. The highest BCUT2D eigenvalue weighted by atomic mass is 16.3. The van der Waals surface area contributed by atoms with E-state index >= 15 is 0 Å². The lowest BCUT2D eigenvalue weighted by Crippen LogP contribution is -2.25. The second-order valence-electron chi connectivity index (χ2n) is 3.85. The van der Waals surface area contributed by atoms with Crippen LogP contribution in [0.1, 0.15) is 36.5 Å². The number of fused-ring (bicyclic) bond motifs is 1. The van der Waals surface area contributed by atoms with Gasteiger partial charge in [0.25, 0.3) is 0 Å². The van der Waals surface area contributed by atoms with Crippen molar-refractivity contribution in [1.82, 2.24) is 9.97 Å². The number of aliphatic hydroxyl groups is 1. The summed E-state index contributed by atoms with van der Waals surface area (Å²) in [4.78, 5) is 8.67. The van der Waals surface area contributed by atoms with Crippen LogP contribution in [0.4, 0.5) is 0 Å². The zero-order valence-electron chi connectivity index (χ0n) is 8.27. The third-order valence-electron chi connectivity index (χ3n) is 2.58. The third-order valence-corrected chi connectivity index (χ3v) is 2.58. The van der Waals surface area contributed by atoms with Crippen LogP contribution in [-0.2, 0) is 12.8 Å². The molecule has 0 fully saturated rings. The lowest BCUT2D eigenvalue weighted by atomic mass is 10.1. The van der Waals surface area contributed by atoms with Gasteiger partial charge in [-0.15, -0.1) is 0 Å². The second-order valence-corrected chi connectivity index (χ2v) is 3.85. The molecule has 1 aromatic rings. The molecule has 1 heterocycles. The van der Waals surface area contributed by atoms with Gasteiger partial charge in [-0.2, -0.15) is 0 Å². The zero-order chi connectivity index (χ0) is 10.1. The number of hydrogen-bond donors (Lipinski definition) is 2. The molecule has 4 heteroatoms. The van der Waals surface area contributed by atoms with Gasteiger partial charge >= 0.3 is 0 Å². The Morgan fingerprint density at radius 2 is 2.14 bits per heavy atom. The van der Waals surface area contributed by atoms with Crippen LogP contribution in [0.3, 0.4) is 0 Å². The van der Waals surface area contributed by atoms with E-state index in [1.807, 2.05) is 0 Å². The summed E-state index contributed by atoms with van der Waals surface area (Å²) in [6, 6.07) is -0.302. The summed E-state index contributed by atoms with van der Waals surface area (Å²) >= 11 is 0. The monoisotopic (exact) mass is 193 g/mol. The van der Waals surface area contributed by atoms with Gasteiger partial charge in [-0.05, 0) is 26.2 Å². The van der Waals surface area contributed by atoms with Crippen LogP contribution in [0.2, 0.25) is 0 Å². The quantitative estimate of drug-likeness (QED) is 0.710. The van der Waals surface area contributed by atoms with Crippen LogP contribution >= 0.6 is 0 Å². The molecule has 0 bridgehead atoms. The van der Waals surface area contributed by atoms with Gasteiger partial charge in [0, 0.05) is 6.04 Å². The Morgan fingerprint density at radius 3 is 2.86 bits per heavy atom. The standard InChI is InChI=1S/C10H15N3O/c1-6(11)10(14)9-5-12-7-3-2-4-8(7)13-9/h5-6,10,14H,2-4,11H2,1H3. The molecule has 0 saturated heterocycles. The van der Waals surface area contributed by atoms with Gasteiger partial charge in [-0.3, -0.25) is 9.97 Å². The van der Waals surface area contributed by atoms with Crippen LogP contribution in [-0.4, -0.2) is 21.1 Å². The topological polar surface area (TPSA) is 72.0 Å². The SMILES string of the molecule is CC(N)C(O)c1cnc2c(n1)CCC2. The van der Waals surface area contributed by atoms with E-state index in [2.05, 4.69) is 9.97 Å². The van der Waals surface area contributed by atoms with Crippen molar-refractivity contribution in [3.05, 3.63) is 23.3 Å². The summed E-state index contributed by atoms with van der Waals surface area (Å²) < 4.78 is 0. The Morgan fingerprint density at radius 1 is 1.43 bits per heavy atom. The van der Waals surface area contributed by atoms with Crippen LogP contribution < -0.4 is 5.73 Å².